The predicted molar refractivity (Wildman–Crippen MR) is 94.5 cm³/mol. The number of carbonyl (C=O) groups is 2. The van der Waals surface area contributed by atoms with E-state index in [1.807, 2.05) is 0 Å². The molecule has 4 rings (SSSR count). The van der Waals surface area contributed by atoms with E-state index in [1.54, 1.807) is 6.92 Å². The molecule has 0 aliphatic heterocycles. The first kappa shape index (κ1) is 18.4. The lowest BCUT2D eigenvalue weighted by Gasteiger charge is -2.41. The van der Waals surface area contributed by atoms with Crippen LogP contribution in [0.3, 0.4) is 0 Å². The first-order valence-electron chi connectivity index (χ1n) is 8.75. The first-order valence-corrected chi connectivity index (χ1v) is 8.75. The zero-order valence-corrected chi connectivity index (χ0v) is 14.8. The molecule has 0 saturated carbocycles. The number of aliphatic hydroxyl groups excluding tert-OH is 2. The molecule has 2 aromatic carbocycles. The maximum Gasteiger partial charge on any atom is 0.202 e. The van der Waals surface area contributed by atoms with Crippen molar-refractivity contribution in [1.82, 2.24) is 0 Å². The number of benzene rings is 2. The maximum atomic E-state index is 12.9. The third kappa shape index (κ3) is 2.10. The van der Waals surface area contributed by atoms with Crippen molar-refractivity contribution in [3.8, 4) is 17.2 Å². The third-order valence-electron chi connectivity index (χ3n) is 5.77. The number of phenols is 3. The summed E-state index contributed by atoms with van der Waals surface area (Å²) in [4.78, 5) is 25.9. The van der Waals surface area contributed by atoms with E-state index >= 15 is 0 Å². The van der Waals surface area contributed by atoms with E-state index in [0.29, 0.717) is 0 Å². The normalized spacial score (nSPS) is 25.9. The summed E-state index contributed by atoms with van der Waals surface area (Å²) in [5.74, 6) is -3.73. The van der Waals surface area contributed by atoms with Crippen LogP contribution in [0.15, 0.2) is 18.2 Å². The standard InChI is InChI=1S/C20H18O8/c1-2-20(28)6-9(22)11-14(19(20)27)18(26)12-13(17(11)25)16(24)10-7(15(12)23)4-3-5-8(10)21/h3-5,9,19,21-22,25-28H,2,6H2,1H3/t9-,19+,20+/m0/s1. The van der Waals surface area contributed by atoms with Crippen molar-refractivity contribution < 1.29 is 40.2 Å². The number of hydrogen-bond donors (Lipinski definition) is 6. The summed E-state index contributed by atoms with van der Waals surface area (Å²) < 4.78 is 0. The fourth-order valence-corrected chi connectivity index (χ4v) is 4.20. The summed E-state index contributed by atoms with van der Waals surface area (Å²) >= 11 is 0. The molecule has 0 heterocycles. The molecule has 2 aliphatic rings. The average molecular weight is 386 g/mol. The molecule has 0 radical (unpaired) electrons. The summed E-state index contributed by atoms with van der Waals surface area (Å²) in [6.45, 7) is 1.57. The molecule has 8 nitrogen and oxygen atoms in total. The molecular weight excluding hydrogens is 368 g/mol. The summed E-state index contributed by atoms with van der Waals surface area (Å²) in [7, 11) is 0. The Morgan fingerprint density at radius 2 is 1.57 bits per heavy atom. The van der Waals surface area contributed by atoms with Crippen LogP contribution in [-0.2, 0) is 0 Å². The minimum absolute atomic E-state index is 0.0333. The van der Waals surface area contributed by atoms with Gasteiger partial charge in [0.25, 0.3) is 0 Å². The molecule has 8 heteroatoms. The number of ketones is 2. The first-order chi connectivity index (χ1) is 13.1. The Balaban J connectivity index is 2.09. The Kier molecular flexibility index (Phi) is 3.80. The summed E-state index contributed by atoms with van der Waals surface area (Å²) in [5, 5.41) is 63.2. The zero-order valence-electron chi connectivity index (χ0n) is 14.8. The molecule has 2 aliphatic carbocycles. The van der Waals surface area contributed by atoms with Gasteiger partial charge in [0.05, 0.1) is 28.4 Å². The van der Waals surface area contributed by atoms with E-state index in [4.69, 9.17) is 0 Å². The second kappa shape index (κ2) is 5.78. The largest absolute Gasteiger partial charge is 0.507 e. The van der Waals surface area contributed by atoms with E-state index in [1.165, 1.54) is 18.2 Å². The summed E-state index contributed by atoms with van der Waals surface area (Å²) in [6, 6.07) is 3.86. The Morgan fingerprint density at radius 3 is 2.21 bits per heavy atom. The second-order valence-electron chi connectivity index (χ2n) is 7.21. The Hall–Kier alpha value is -2.94. The lowest BCUT2D eigenvalue weighted by molar-refractivity contribution is -0.117. The SMILES string of the molecule is CC[C@@]1(O)C[C@H](O)c2c(O)c3c(c(O)c2[C@H]1O)C(=O)c1cccc(O)c1C3=O. The van der Waals surface area contributed by atoms with Gasteiger partial charge in [0.1, 0.15) is 23.4 Å². The van der Waals surface area contributed by atoms with Gasteiger partial charge in [-0.05, 0) is 12.5 Å². The number of hydrogen-bond acceptors (Lipinski definition) is 8. The number of fused-ring (bicyclic) bond motifs is 3. The molecule has 0 unspecified atom stereocenters. The molecule has 6 N–H and O–H groups in total. The molecule has 0 bridgehead atoms. The van der Waals surface area contributed by atoms with E-state index in [9.17, 15) is 40.2 Å². The lowest BCUT2D eigenvalue weighted by atomic mass is 9.71. The molecule has 3 atom stereocenters. The van der Waals surface area contributed by atoms with Gasteiger partial charge in [-0.3, -0.25) is 9.59 Å². The van der Waals surface area contributed by atoms with E-state index < -0.39 is 57.8 Å². The smallest absolute Gasteiger partial charge is 0.202 e. The van der Waals surface area contributed by atoms with Crippen molar-refractivity contribution in [3.05, 3.63) is 51.6 Å². The number of carbonyl (C=O) groups excluding carboxylic acids is 2. The Bertz CT molecular complexity index is 1060. The van der Waals surface area contributed by atoms with Gasteiger partial charge in [-0.1, -0.05) is 19.1 Å². The molecule has 0 aromatic heterocycles. The van der Waals surface area contributed by atoms with Gasteiger partial charge < -0.3 is 30.6 Å². The molecule has 0 amide bonds. The van der Waals surface area contributed by atoms with Crippen molar-refractivity contribution in [1.29, 1.82) is 0 Å². The Labute approximate surface area is 158 Å². The van der Waals surface area contributed by atoms with Crippen LogP contribution < -0.4 is 0 Å². The van der Waals surface area contributed by atoms with Crippen LogP contribution in [0, 0.1) is 0 Å². The van der Waals surface area contributed by atoms with Crippen LogP contribution in [0.25, 0.3) is 0 Å². The number of phenolic OH excluding ortho intramolecular Hbond substituents is 3. The van der Waals surface area contributed by atoms with Crippen molar-refractivity contribution in [2.24, 2.45) is 0 Å². The highest BCUT2D eigenvalue weighted by molar-refractivity contribution is 6.31. The average Bonchev–Trinajstić information content (AvgIpc) is 2.65. The fourth-order valence-electron chi connectivity index (χ4n) is 4.20. The fraction of sp³-hybridized carbons (Fsp3) is 0.300. The van der Waals surface area contributed by atoms with Crippen LogP contribution in [0.2, 0.25) is 0 Å². The van der Waals surface area contributed by atoms with E-state index in [2.05, 4.69) is 0 Å². The zero-order chi connectivity index (χ0) is 20.5. The van der Waals surface area contributed by atoms with Crippen molar-refractivity contribution in [2.75, 3.05) is 0 Å². The highest BCUT2D eigenvalue weighted by Crippen LogP contribution is 2.54. The van der Waals surface area contributed by atoms with Gasteiger partial charge in [0.15, 0.2) is 5.78 Å². The lowest BCUT2D eigenvalue weighted by Crippen LogP contribution is -2.42. The van der Waals surface area contributed by atoms with Gasteiger partial charge >= 0.3 is 0 Å². The van der Waals surface area contributed by atoms with Gasteiger partial charge in [-0.25, -0.2) is 0 Å². The van der Waals surface area contributed by atoms with Crippen LogP contribution in [0.5, 0.6) is 17.2 Å². The van der Waals surface area contributed by atoms with Gasteiger partial charge in [-0.2, -0.15) is 0 Å². The number of rotatable bonds is 1. The molecule has 0 saturated heterocycles. The topological polar surface area (TPSA) is 156 Å². The van der Waals surface area contributed by atoms with Crippen LogP contribution in [0.4, 0.5) is 0 Å². The van der Waals surface area contributed by atoms with Gasteiger partial charge in [-0.15, -0.1) is 0 Å². The van der Waals surface area contributed by atoms with Gasteiger partial charge in [0.2, 0.25) is 5.78 Å². The molecule has 28 heavy (non-hydrogen) atoms. The quantitative estimate of drug-likeness (QED) is 0.341. The minimum atomic E-state index is -1.79. The van der Waals surface area contributed by atoms with Crippen LogP contribution in [-0.4, -0.2) is 47.8 Å². The highest BCUT2D eigenvalue weighted by atomic mass is 16.3. The molecular formula is C20H18O8. The van der Waals surface area contributed by atoms with E-state index in [0.717, 1.165) is 0 Å². The minimum Gasteiger partial charge on any atom is -0.507 e. The number of aromatic hydroxyl groups is 3. The maximum absolute atomic E-state index is 12.9. The predicted octanol–water partition coefficient (Wildman–Crippen LogP) is 1.19. The van der Waals surface area contributed by atoms with Crippen molar-refractivity contribution >= 4 is 11.6 Å². The molecule has 146 valence electrons. The monoisotopic (exact) mass is 386 g/mol. The third-order valence-corrected chi connectivity index (χ3v) is 5.77. The Morgan fingerprint density at radius 1 is 0.964 bits per heavy atom. The van der Waals surface area contributed by atoms with E-state index in [-0.39, 0.29) is 35.1 Å². The van der Waals surface area contributed by atoms with Crippen molar-refractivity contribution in [3.63, 3.8) is 0 Å². The summed E-state index contributed by atoms with van der Waals surface area (Å²) in [6.07, 6.45) is -3.49. The van der Waals surface area contributed by atoms with Crippen molar-refractivity contribution in [2.45, 2.75) is 37.6 Å². The van der Waals surface area contributed by atoms with Gasteiger partial charge in [0, 0.05) is 23.1 Å². The highest BCUT2D eigenvalue weighted by Gasteiger charge is 2.49. The van der Waals surface area contributed by atoms with Crippen LogP contribution >= 0.6 is 0 Å². The second-order valence-corrected chi connectivity index (χ2v) is 7.21. The molecule has 0 spiro atoms. The summed E-state index contributed by atoms with van der Waals surface area (Å²) in [5.41, 5.74) is -4.06. The molecule has 0 fully saturated rings. The number of aliphatic hydroxyl groups is 3. The van der Waals surface area contributed by atoms with Crippen LogP contribution in [0.1, 0.15) is 74.9 Å². The molecule has 2 aromatic rings.